The molecule has 5 heteroatoms. The van der Waals surface area contributed by atoms with Crippen LogP contribution in [0.4, 0.5) is 0 Å². The van der Waals surface area contributed by atoms with Crippen LogP contribution in [0.15, 0.2) is 5.38 Å². The molecule has 0 radical (unpaired) electrons. The van der Waals surface area contributed by atoms with Crippen molar-refractivity contribution in [2.24, 2.45) is 0 Å². The number of aromatic nitrogens is 2. The number of carbonyl (C=O) groups is 1. The molecule has 0 saturated heterocycles. The van der Waals surface area contributed by atoms with Gasteiger partial charge in [0.15, 0.2) is 4.96 Å². The first kappa shape index (κ1) is 11.7. The lowest BCUT2D eigenvalue weighted by molar-refractivity contribution is -0.136. The molecule has 1 aliphatic rings. The predicted octanol–water partition coefficient (Wildman–Crippen LogP) is 2.64. The number of carboxylic acid groups (broad SMARTS) is 1. The number of aryl methyl sites for hydroxylation is 1. The average Bonchev–Trinajstić information content (AvgIpc) is 2.79. The number of hydrogen-bond donors (Lipinski definition) is 1. The molecule has 0 unspecified atom stereocenters. The maximum absolute atomic E-state index is 10.9. The van der Waals surface area contributed by atoms with E-state index in [1.54, 1.807) is 0 Å². The molecule has 2 aromatic rings. The number of imidazole rings is 1. The summed E-state index contributed by atoms with van der Waals surface area (Å²) >= 11 is 1.54. The maximum Gasteiger partial charge on any atom is 0.309 e. The Morgan fingerprint density at radius 1 is 1.61 bits per heavy atom. The number of carboxylic acids is 1. The van der Waals surface area contributed by atoms with E-state index in [9.17, 15) is 4.79 Å². The molecule has 3 rings (SSSR count). The highest BCUT2D eigenvalue weighted by atomic mass is 32.1. The van der Waals surface area contributed by atoms with Crippen molar-refractivity contribution in [2.75, 3.05) is 0 Å². The second kappa shape index (κ2) is 3.82. The van der Waals surface area contributed by atoms with Crippen molar-refractivity contribution < 1.29 is 9.90 Å². The number of nitrogens with zero attached hydrogens (tertiary/aromatic N) is 2. The van der Waals surface area contributed by atoms with Gasteiger partial charge in [-0.1, -0.05) is 13.8 Å². The van der Waals surface area contributed by atoms with Crippen molar-refractivity contribution in [1.82, 2.24) is 9.38 Å². The summed E-state index contributed by atoms with van der Waals surface area (Å²) in [5.41, 5.74) is 3.35. The number of fused-ring (bicyclic) bond motifs is 3. The minimum absolute atomic E-state index is 0.0726. The molecule has 0 aliphatic heterocycles. The zero-order chi connectivity index (χ0) is 12.9. The highest BCUT2D eigenvalue weighted by Gasteiger charge is 2.32. The van der Waals surface area contributed by atoms with E-state index in [1.165, 1.54) is 17.0 Å². The fraction of sp³-hybridized carbons (Fsp3) is 0.538. The lowest BCUT2D eigenvalue weighted by atomic mass is 9.78. The van der Waals surface area contributed by atoms with Gasteiger partial charge in [0.05, 0.1) is 12.1 Å². The van der Waals surface area contributed by atoms with Gasteiger partial charge in [-0.2, -0.15) is 0 Å². The second-order valence-corrected chi connectivity index (χ2v) is 6.40. The molecule has 96 valence electrons. The Hall–Kier alpha value is -1.36. The Labute approximate surface area is 109 Å². The first-order chi connectivity index (χ1) is 8.49. The van der Waals surface area contributed by atoms with Crippen LogP contribution in [0, 0.1) is 0 Å². The van der Waals surface area contributed by atoms with Crippen LogP contribution >= 0.6 is 11.3 Å². The lowest BCUT2D eigenvalue weighted by Gasteiger charge is -2.28. The first-order valence-electron chi connectivity index (χ1n) is 6.19. The van der Waals surface area contributed by atoms with Crippen LogP contribution in [0.3, 0.4) is 0 Å². The second-order valence-electron chi connectivity index (χ2n) is 5.56. The van der Waals surface area contributed by atoms with E-state index < -0.39 is 5.97 Å². The predicted molar refractivity (Wildman–Crippen MR) is 70.4 cm³/mol. The fourth-order valence-electron chi connectivity index (χ4n) is 2.84. The summed E-state index contributed by atoms with van der Waals surface area (Å²) in [7, 11) is 0. The van der Waals surface area contributed by atoms with Gasteiger partial charge in [-0.15, -0.1) is 11.3 Å². The van der Waals surface area contributed by atoms with E-state index >= 15 is 0 Å². The van der Waals surface area contributed by atoms with Crippen molar-refractivity contribution in [2.45, 2.75) is 44.9 Å². The van der Waals surface area contributed by atoms with Crippen molar-refractivity contribution in [3.05, 3.63) is 22.5 Å². The Balaban J connectivity index is 2.20. The summed E-state index contributed by atoms with van der Waals surface area (Å²) in [6.45, 7) is 4.44. The molecular weight excluding hydrogens is 248 g/mol. The molecule has 4 nitrogen and oxygen atoms in total. The molecule has 2 heterocycles. The maximum atomic E-state index is 10.9. The van der Waals surface area contributed by atoms with Crippen LogP contribution in [0.25, 0.3) is 4.96 Å². The molecule has 0 atom stereocenters. The summed E-state index contributed by atoms with van der Waals surface area (Å²) < 4.78 is 2.06. The van der Waals surface area contributed by atoms with Crippen molar-refractivity contribution >= 4 is 22.3 Å². The molecule has 1 aliphatic carbocycles. The third-order valence-electron chi connectivity index (χ3n) is 3.72. The summed E-state index contributed by atoms with van der Waals surface area (Å²) in [5.74, 6) is -0.785. The molecule has 2 aromatic heterocycles. The van der Waals surface area contributed by atoms with Gasteiger partial charge in [0.25, 0.3) is 0 Å². The van der Waals surface area contributed by atoms with Crippen LogP contribution in [-0.4, -0.2) is 20.5 Å². The Bertz CT molecular complexity index is 624. The van der Waals surface area contributed by atoms with Gasteiger partial charge < -0.3 is 5.11 Å². The highest BCUT2D eigenvalue weighted by molar-refractivity contribution is 7.15. The van der Waals surface area contributed by atoms with E-state index in [4.69, 9.17) is 10.1 Å². The number of hydrogen-bond acceptors (Lipinski definition) is 3. The van der Waals surface area contributed by atoms with E-state index in [0.717, 1.165) is 35.6 Å². The minimum atomic E-state index is -0.785. The van der Waals surface area contributed by atoms with E-state index in [0.29, 0.717) is 0 Å². The molecular formula is C13H16N2O2S. The molecule has 0 spiro atoms. The van der Waals surface area contributed by atoms with Crippen LogP contribution in [0.5, 0.6) is 0 Å². The van der Waals surface area contributed by atoms with E-state index in [-0.39, 0.29) is 11.8 Å². The van der Waals surface area contributed by atoms with Crippen molar-refractivity contribution in [3.8, 4) is 0 Å². The highest BCUT2D eigenvalue weighted by Crippen LogP contribution is 2.38. The van der Waals surface area contributed by atoms with Gasteiger partial charge >= 0.3 is 5.97 Å². The Kier molecular flexibility index (Phi) is 2.48. The summed E-state index contributed by atoms with van der Waals surface area (Å²) in [6.07, 6.45) is 3.38. The van der Waals surface area contributed by atoms with Crippen LogP contribution in [0.2, 0.25) is 0 Å². The van der Waals surface area contributed by atoms with Crippen LogP contribution in [0.1, 0.15) is 43.8 Å². The standard InChI is InChI=1S/C13H16N2O2S/c1-13(2)5-3-4-9-11(13)14-12-15(9)8(7-18-12)6-10(16)17/h7H,3-6H2,1-2H3,(H,16,17). The molecule has 0 bridgehead atoms. The van der Waals surface area contributed by atoms with Crippen molar-refractivity contribution in [1.29, 1.82) is 0 Å². The zero-order valence-corrected chi connectivity index (χ0v) is 11.4. The minimum Gasteiger partial charge on any atom is -0.481 e. The molecule has 1 N–H and O–H groups in total. The topological polar surface area (TPSA) is 54.6 Å². The van der Waals surface area contributed by atoms with Gasteiger partial charge in [0.1, 0.15) is 0 Å². The van der Waals surface area contributed by atoms with Gasteiger partial charge in [-0.05, 0) is 19.3 Å². The Morgan fingerprint density at radius 3 is 3.11 bits per heavy atom. The monoisotopic (exact) mass is 264 g/mol. The smallest absolute Gasteiger partial charge is 0.309 e. The number of aliphatic carboxylic acids is 1. The van der Waals surface area contributed by atoms with Crippen molar-refractivity contribution in [3.63, 3.8) is 0 Å². The summed E-state index contributed by atoms with van der Waals surface area (Å²) in [5, 5.41) is 10.9. The molecule has 0 aromatic carbocycles. The van der Waals surface area contributed by atoms with Crippen LogP contribution < -0.4 is 0 Å². The van der Waals surface area contributed by atoms with Gasteiger partial charge in [-0.25, -0.2) is 4.98 Å². The molecule has 18 heavy (non-hydrogen) atoms. The van der Waals surface area contributed by atoms with E-state index in [2.05, 4.69) is 18.2 Å². The molecule has 0 saturated carbocycles. The number of thiazole rings is 1. The largest absolute Gasteiger partial charge is 0.481 e. The third-order valence-corrected chi connectivity index (χ3v) is 4.59. The van der Waals surface area contributed by atoms with Gasteiger partial charge in [0.2, 0.25) is 0 Å². The average molecular weight is 264 g/mol. The third kappa shape index (κ3) is 1.65. The van der Waals surface area contributed by atoms with Crippen LogP contribution in [-0.2, 0) is 23.1 Å². The van der Waals surface area contributed by atoms with Gasteiger partial charge in [-0.3, -0.25) is 9.20 Å². The number of rotatable bonds is 2. The van der Waals surface area contributed by atoms with E-state index in [1.807, 2.05) is 5.38 Å². The lowest BCUT2D eigenvalue weighted by Crippen LogP contribution is -2.24. The normalized spacial score (nSPS) is 17.9. The van der Waals surface area contributed by atoms with Gasteiger partial charge in [0, 0.05) is 22.2 Å². The summed E-state index contributed by atoms with van der Waals surface area (Å²) in [4.78, 5) is 16.6. The SMILES string of the molecule is CC1(C)CCCc2c1nc1scc(CC(=O)O)n21. The molecule has 0 fully saturated rings. The fourth-order valence-corrected chi connectivity index (χ4v) is 3.75. The first-order valence-corrected chi connectivity index (χ1v) is 7.07. The summed E-state index contributed by atoms with van der Waals surface area (Å²) in [6, 6.07) is 0. The Morgan fingerprint density at radius 2 is 2.39 bits per heavy atom. The quantitative estimate of drug-likeness (QED) is 0.907. The molecule has 0 amide bonds. The zero-order valence-electron chi connectivity index (χ0n) is 10.6.